The number of amides is 1. The molecule has 110 valence electrons. The summed E-state index contributed by atoms with van der Waals surface area (Å²) in [5.41, 5.74) is 5.21. The first-order chi connectivity index (χ1) is 9.95. The van der Waals surface area contributed by atoms with Crippen molar-refractivity contribution in [2.45, 2.75) is 13.5 Å². The number of benzene rings is 1. The number of carbonyl (C=O) groups is 1. The van der Waals surface area contributed by atoms with E-state index in [2.05, 4.69) is 5.10 Å². The number of aliphatic hydroxyl groups excluding tert-OH is 1. The molecule has 0 radical (unpaired) electrons. The quantitative estimate of drug-likeness (QED) is 0.732. The summed E-state index contributed by atoms with van der Waals surface area (Å²) in [6.07, 6.45) is 0.973. The number of nitrogens with zero attached hydrogens (tertiary/aromatic N) is 3. The average molecular weight is 290 g/mol. The third kappa shape index (κ3) is 2.75. The Morgan fingerprint density at radius 2 is 2.10 bits per heavy atom. The molecule has 1 amide bonds. The highest BCUT2D eigenvalue weighted by molar-refractivity contribution is 5.94. The highest BCUT2D eigenvalue weighted by atomic mass is 16.3. The summed E-state index contributed by atoms with van der Waals surface area (Å²) in [6, 6.07) is 4.65. The van der Waals surface area contributed by atoms with Crippen molar-refractivity contribution in [2.24, 2.45) is 5.73 Å². The molecule has 2 aromatic rings. The molecular weight excluding hydrogens is 276 g/mol. The van der Waals surface area contributed by atoms with E-state index in [1.807, 2.05) is 0 Å². The van der Waals surface area contributed by atoms with Gasteiger partial charge in [0, 0.05) is 5.56 Å². The fourth-order valence-corrected chi connectivity index (χ4v) is 1.92. The first-order valence-corrected chi connectivity index (χ1v) is 6.16. The van der Waals surface area contributed by atoms with Crippen LogP contribution in [0.5, 0.6) is 0 Å². The number of carbonyl (C=O) groups excluding carboxylic acids is 1. The molecule has 1 aromatic carbocycles. The van der Waals surface area contributed by atoms with Crippen LogP contribution in [-0.2, 0) is 6.54 Å². The lowest BCUT2D eigenvalue weighted by Gasteiger charge is -2.09. The molecule has 21 heavy (non-hydrogen) atoms. The first-order valence-electron chi connectivity index (χ1n) is 6.16. The molecule has 0 aliphatic heterocycles. The van der Waals surface area contributed by atoms with Crippen molar-refractivity contribution in [2.75, 3.05) is 6.61 Å². The molecule has 0 aliphatic rings. The third-order valence-corrected chi connectivity index (χ3v) is 3.02. The lowest BCUT2D eigenvalue weighted by molar-refractivity contribution is 0.0999. The lowest BCUT2D eigenvalue weighted by Crippen LogP contribution is -2.40. The van der Waals surface area contributed by atoms with E-state index in [4.69, 9.17) is 10.8 Å². The summed E-state index contributed by atoms with van der Waals surface area (Å²) in [7, 11) is 0. The van der Waals surface area contributed by atoms with E-state index in [0.29, 0.717) is 11.3 Å². The first kappa shape index (κ1) is 14.7. The molecule has 0 fully saturated rings. The molecule has 0 unspecified atom stereocenters. The molecule has 0 bridgehead atoms. The van der Waals surface area contributed by atoms with E-state index in [9.17, 15) is 14.4 Å². The van der Waals surface area contributed by atoms with E-state index >= 15 is 0 Å². The van der Waals surface area contributed by atoms with Gasteiger partial charge < -0.3 is 10.8 Å². The molecular formula is C13H14N4O4. The van der Waals surface area contributed by atoms with E-state index in [1.165, 1.54) is 6.07 Å². The van der Waals surface area contributed by atoms with Gasteiger partial charge in [-0.25, -0.2) is 4.79 Å². The van der Waals surface area contributed by atoms with Crippen LogP contribution in [0.3, 0.4) is 0 Å². The predicted octanol–water partition coefficient (Wildman–Crippen LogP) is -1.21. The van der Waals surface area contributed by atoms with Crippen LogP contribution >= 0.6 is 0 Å². The highest BCUT2D eigenvalue weighted by Crippen LogP contribution is 2.12. The van der Waals surface area contributed by atoms with Crippen LogP contribution in [0.2, 0.25) is 0 Å². The number of hydrogen-bond acceptors (Lipinski definition) is 5. The van der Waals surface area contributed by atoms with Gasteiger partial charge in [0.05, 0.1) is 18.8 Å². The molecule has 1 aromatic heterocycles. The minimum Gasteiger partial charge on any atom is -0.395 e. The van der Waals surface area contributed by atoms with Crippen LogP contribution in [0, 0.1) is 6.92 Å². The lowest BCUT2D eigenvalue weighted by atomic mass is 10.1. The fraction of sp³-hybridized carbons (Fsp3) is 0.231. The maximum absolute atomic E-state index is 12.2. The van der Waals surface area contributed by atoms with Crippen molar-refractivity contribution in [1.82, 2.24) is 14.3 Å². The summed E-state index contributed by atoms with van der Waals surface area (Å²) in [5.74, 6) is -0.619. The Bertz CT molecular complexity index is 807. The van der Waals surface area contributed by atoms with Crippen LogP contribution in [-0.4, -0.2) is 32.0 Å². The van der Waals surface area contributed by atoms with Crippen molar-refractivity contribution < 1.29 is 9.90 Å². The molecule has 0 saturated carbocycles. The van der Waals surface area contributed by atoms with Crippen LogP contribution in [0.25, 0.3) is 5.69 Å². The second-order valence-corrected chi connectivity index (χ2v) is 4.42. The van der Waals surface area contributed by atoms with Gasteiger partial charge in [0.15, 0.2) is 0 Å². The smallest absolute Gasteiger partial charge is 0.352 e. The minimum atomic E-state index is -0.698. The third-order valence-electron chi connectivity index (χ3n) is 3.02. The second-order valence-electron chi connectivity index (χ2n) is 4.42. The van der Waals surface area contributed by atoms with Crippen LogP contribution < -0.4 is 17.0 Å². The molecule has 0 saturated heterocycles. The highest BCUT2D eigenvalue weighted by Gasteiger charge is 2.11. The Kier molecular flexibility index (Phi) is 3.99. The number of rotatable bonds is 4. The Balaban J connectivity index is 2.65. The molecule has 3 N–H and O–H groups in total. The van der Waals surface area contributed by atoms with Crippen molar-refractivity contribution >= 4 is 5.91 Å². The topological polar surface area (TPSA) is 120 Å². The molecule has 2 rings (SSSR count). The second kappa shape index (κ2) is 5.71. The van der Waals surface area contributed by atoms with Gasteiger partial charge in [0.25, 0.3) is 5.56 Å². The van der Waals surface area contributed by atoms with Crippen LogP contribution in [0.1, 0.15) is 15.9 Å². The SMILES string of the molecule is Cc1ccc(-n2ncc(=O)n(CCO)c2=O)cc1C(N)=O. The molecule has 8 nitrogen and oxygen atoms in total. The van der Waals surface area contributed by atoms with Crippen molar-refractivity contribution in [3.63, 3.8) is 0 Å². The van der Waals surface area contributed by atoms with E-state index in [1.54, 1.807) is 19.1 Å². The largest absolute Gasteiger partial charge is 0.395 e. The van der Waals surface area contributed by atoms with Gasteiger partial charge in [0.1, 0.15) is 6.20 Å². The average Bonchev–Trinajstić information content (AvgIpc) is 2.44. The summed E-state index contributed by atoms with van der Waals surface area (Å²) in [6.45, 7) is 1.24. The minimum absolute atomic E-state index is 0.130. The van der Waals surface area contributed by atoms with Gasteiger partial charge in [-0.05, 0) is 24.6 Å². The normalized spacial score (nSPS) is 10.6. The standard InChI is InChI=1S/C13H14N4O4/c1-8-2-3-9(6-10(8)12(14)20)17-13(21)16(4-5-18)11(19)7-15-17/h2-3,6-7,18H,4-5H2,1H3,(H2,14,20). The van der Waals surface area contributed by atoms with Gasteiger partial charge in [-0.1, -0.05) is 6.07 Å². The summed E-state index contributed by atoms with van der Waals surface area (Å²) >= 11 is 0. The van der Waals surface area contributed by atoms with Gasteiger partial charge in [-0.15, -0.1) is 0 Å². The number of primary amides is 1. The van der Waals surface area contributed by atoms with E-state index < -0.39 is 17.2 Å². The van der Waals surface area contributed by atoms with Crippen molar-refractivity contribution in [3.8, 4) is 5.69 Å². The zero-order chi connectivity index (χ0) is 15.6. The fourth-order valence-electron chi connectivity index (χ4n) is 1.92. The van der Waals surface area contributed by atoms with E-state index in [0.717, 1.165) is 15.4 Å². The van der Waals surface area contributed by atoms with Crippen molar-refractivity contribution in [3.05, 3.63) is 56.4 Å². The summed E-state index contributed by atoms with van der Waals surface area (Å²) in [4.78, 5) is 35.1. The maximum Gasteiger partial charge on any atom is 0.352 e. The molecule has 1 heterocycles. The zero-order valence-electron chi connectivity index (χ0n) is 11.3. The zero-order valence-corrected chi connectivity index (χ0v) is 11.3. The Hall–Kier alpha value is -2.74. The Morgan fingerprint density at radius 3 is 2.71 bits per heavy atom. The van der Waals surface area contributed by atoms with Crippen LogP contribution in [0.4, 0.5) is 0 Å². The van der Waals surface area contributed by atoms with Gasteiger partial charge in [-0.2, -0.15) is 9.78 Å². The van der Waals surface area contributed by atoms with Gasteiger partial charge >= 0.3 is 5.69 Å². The number of aryl methyl sites for hydroxylation is 1. The van der Waals surface area contributed by atoms with Crippen molar-refractivity contribution in [1.29, 1.82) is 0 Å². The molecule has 0 spiro atoms. The monoisotopic (exact) mass is 290 g/mol. The number of aromatic nitrogens is 3. The number of hydrogen-bond donors (Lipinski definition) is 2. The van der Waals surface area contributed by atoms with Gasteiger partial charge in [0.2, 0.25) is 5.91 Å². The van der Waals surface area contributed by atoms with Gasteiger partial charge in [-0.3, -0.25) is 14.2 Å². The number of aliphatic hydroxyl groups is 1. The maximum atomic E-state index is 12.2. The predicted molar refractivity (Wildman–Crippen MR) is 74.4 cm³/mol. The van der Waals surface area contributed by atoms with Crippen LogP contribution in [0.15, 0.2) is 34.0 Å². The Labute approximate surface area is 119 Å². The molecule has 0 atom stereocenters. The van der Waals surface area contributed by atoms with E-state index in [-0.39, 0.29) is 18.7 Å². The molecule has 8 heteroatoms. The number of nitrogens with two attached hydrogens (primary N) is 1. The summed E-state index contributed by atoms with van der Waals surface area (Å²) in [5, 5.41) is 12.7. The Morgan fingerprint density at radius 1 is 1.38 bits per heavy atom. The molecule has 0 aliphatic carbocycles. The summed E-state index contributed by atoms with van der Waals surface area (Å²) < 4.78 is 1.83.